The average molecular weight is 531 g/mol. The molecular formula is C33H39FN2O3. The Morgan fingerprint density at radius 2 is 1.67 bits per heavy atom. The summed E-state index contributed by atoms with van der Waals surface area (Å²) >= 11 is 0. The van der Waals surface area contributed by atoms with Gasteiger partial charge in [0.1, 0.15) is 0 Å². The van der Waals surface area contributed by atoms with Gasteiger partial charge in [0.2, 0.25) is 5.91 Å². The van der Waals surface area contributed by atoms with Crippen LogP contribution in [0, 0.1) is 5.82 Å². The molecular weight excluding hydrogens is 491 g/mol. The first-order valence-electron chi connectivity index (χ1n) is 13.6. The first-order chi connectivity index (χ1) is 18.8. The molecule has 1 heterocycles. The highest BCUT2D eigenvalue weighted by Crippen LogP contribution is 2.40. The molecule has 0 bridgehead atoms. The normalized spacial score (nSPS) is 16.6. The van der Waals surface area contributed by atoms with Crippen LogP contribution in [0.5, 0.6) is 5.75 Å². The fourth-order valence-electron chi connectivity index (χ4n) is 5.46. The van der Waals surface area contributed by atoms with Gasteiger partial charge in [-0.15, -0.1) is 0 Å². The minimum atomic E-state index is -0.912. The molecule has 6 heteroatoms. The Morgan fingerprint density at radius 1 is 1.03 bits per heavy atom. The van der Waals surface area contributed by atoms with Gasteiger partial charge in [0.05, 0.1) is 24.4 Å². The number of nitrogens with zero attached hydrogens (tertiary/aromatic N) is 1. The summed E-state index contributed by atoms with van der Waals surface area (Å²) in [5, 5.41) is 0. The van der Waals surface area contributed by atoms with E-state index in [1.54, 1.807) is 18.2 Å². The number of rotatable bonds is 12. The third kappa shape index (κ3) is 6.57. The standard InChI is InChI=1S/C33H39FN2O3/c1-4-21-38-30-22-25(15-16-29(30)34)24-39-28-17-20-36(23-28)32(2,3)18-19-33(31(35)37,26-11-7-5-8-12-26)27-13-9-6-10-14-27/h4-16,21-22,28H,17-20,23-24H2,1-3H3,(H2,35,37)/b21-4-/t28-/m1/s1. The van der Waals surface area contributed by atoms with Gasteiger partial charge in [-0.25, -0.2) is 4.39 Å². The molecule has 1 aliphatic heterocycles. The number of primary amides is 1. The van der Waals surface area contributed by atoms with Crippen molar-refractivity contribution in [3.8, 4) is 5.75 Å². The van der Waals surface area contributed by atoms with E-state index in [0.717, 1.165) is 42.6 Å². The maximum absolute atomic E-state index is 14.0. The second-order valence-electron chi connectivity index (χ2n) is 10.8. The molecule has 0 unspecified atom stereocenters. The van der Waals surface area contributed by atoms with E-state index in [2.05, 4.69) is 18.7 Å². The van der Waals surface area contributed by atoms with Gasteiger partial charge < -0.3 is 15.2 Å². The third-order valence-corrected chi connectivity index (χ3v) is 7.88. The minimum absolute atomic E-state index is 0.0679. The van der Waals surface area contributed by atoms with Crippen LogP contribution in [0.2, 0.25) is 0 Å². The van der Waals surface area contributed by atoms with Crippen molar-refractivity contribution in [3.63, 3.8) is 0 Å². The molecule has 0 aliphatic carbocycles. The number of carbonyl (C=O) groups excluding carboxylic acids is 1. The molecule has 0 radical (unpaired) electrons. The summed E-state index contributed by atoms with van der Waals surface area (Å²) in [6, 6.07) is 24.5. The van der Waals surface area contributed by atoms with Crippen molar-refractivity contribution in [2.45, 2.75) is 63.7 Å². The molecule has 1 amide bonds. The molecule has 206 valence electrons. The summed E-state index contributed by atoms with van der Waals surface area (Å²) < 4.78 is 25.6. The maximum atomic E-state index is 14.0. The van der Waals surface area contributed by atoms with Crippen LogP contribution in [0.3, 0.4) is 0 Å². The Hall–Kier alpha value is -3.48. The number of hydrogen-bond acceptors (Lipinski definition) is 4. The zero-order valence-corrected chi connectivity index (χ0v) is 23.1. The van der Waals surface area contributed by atoms with Crippen molar-refractivity contribution < 1.29 is 18.7 Å². The van der Waals surface area contributed by atoms with E-state index >= 15 is 0 Å². The van der Waals surface area contributed by atoms with E-state index in [1.165, 1.54) is 12.3 Å². The summed E-state index contributed by atoms with van der Waals surface area (Å²) in [6.07, 6.45) is 5.52. The molecule has 1 atom stereocenters. The monoisotopic (exact) mass is 530 g/mol. The van der Waals surface area contributed by atoms with Crippen LogP contribution in [0.25, 0.3) is 0 Å². The van der Waals surface area contributed by atoms with E-state index in [9.17, 15) is 9.18 Å². The highest BCUT2D eigenvalue weighted by molar-refractivity contribution is 5.90. The number of nitrogens with two attached hydrogens (primary N) is 1. The van der Waals surface area contributed by atoms with Gasteiger partial charge in [0.25, 0.3) is 0 Å². The van der Waals surface area contributed by atoms with Crippen LogP contribution in [-0.4, -0.2) is 35.5 Å². The predicted octanol–water partition coefficient (Wildman–Crippen LogP) is 6.36. The van der Waals surface area contributed by atoms with E-state index < -0.39 is 11.2 Å². The summed E-state index contributed by atoms with van der Waals surface area (Å²) in [5.74, 6) is -0.544. The predicted molar refractivity (Wildman–Crippen MR) is 153 cm³/mol. The topological polar surface area (TPSA) is 64.8 Å². The first kappa shape index (κ1) is 28.5. The van der Waals surface area contributed by atoms with Crippen molar-refractivity contribution in [2.75, 3.05) is 13.1 Å². The molecule has 1 saturated heterocycles. The fraction of sp³-hybridized carbons (Fsp3) is 0.364. The van der Waals surface area contributed by atoms with Crippen molar-refractivity contribution in [3.05, 3.63) is 114 Å². The third-order valence-electron chi connectivity index (χ3n) is 7.88. The molecule has 1 fully saturated rings. The number of hydrogen-bond donors (Lipinski definition) is 1. The number of halogens is 1. The molecule has 0 aromatic heterocycles. The van der Waals surface area contributed by atoms with Crippen LogP contribution in [0.4, 0.5) is 4.39 Å². The smallest absolute Gasteiger partial charge is 0.232 e. The van der Waals surface area contributed by atoms with Crippen molar-refractivity contribution in [2.24, 2.45) is 5.73 Å². The van der Waals surface area contributed by atoms with Gasteiger partial charge in [0, 0.05) is 18.6 Å². The number of carbonyl (C=O) groups is 1. The summed E-state index contributed by atoms with van der Waals surface area (Å²) in [5.41, 5.74) is 7.78. The van der Waals surface area contributed by atoms with E-state index in [4.69, 9.17) is 15.2 Å². The van der Waals surface area contributed by atoms with Gasteiger partial charge in [-0.1, -0.05) is 72.8 Å². The van der Waals surface area contributed by atoms with Gasteiger partial charge in [-0.05, 0) is 68.9 Å². The van der Waals surface area contributed by atoms with Crippen LogP contribution >= 0.6 is 0 Å². The fourth-order valence-corrected chi connectivity index (χ4v) is 5.46. The first-order valence-corrected chi connectivity index (χ1v) is 13.6. The Bertz CT molecular complexity index is 1220. The number of likely N-dealkylation sites (tertiary alicyclic amines) is 1. The van der Waals surface area contributed by atoms with E-state index in [0.29, 0.717) is 13.0 Å². The Kier molecular flexibility index (Phi) is 9.20. The summed E-state index contributed by atoms with van der Waals surface area (Å²) in [7, 11) is 0. The summed E-state index contributed by atoms with van der Waals surface area (Å²) in [6.45, 7) is 8.34. The zero-order valence-electron chi connectivity index (χ0n) is 23.1. The average Bonchev–Trinajstić information content (AvgIpc) is 3.43. The second-order valence-corrected chi connectivity index (χ2v) is 10.8. The quantitative estimate of drug-likeness (QED) is 0.277. The van der Waals surface area contributed by atoms with Crippen molar-refractivity contribution in [1.82, 2.24) is 4.90 Å². The van der Waals surface area contributed by atoms with Crippen LogP contribution in [-0.2, 0) is 21.6 Å². The van der Waals surface area contributed by atoms with Gasteiger partial charge in [0.15, 0.2) is 11.6 Å². The Labute approximate surface area is 231 Å². The van der Waals surface area contributed by atoms with Gasteiger partial charge in [-0.2, -0.15) is 0 Å². The molecule has 4 rings (SSSR count). The number of ether oxygens (including phenoxy) is 2. The largest absolute Gasteiger partial charge is 0.462 e. The number of allylic oxidation sites excluding steroid dienone is 1. The van der Waals surface area contributed by atoms with Crippen LogP contribution < -0.4 is 10.5 Å². The van der Waals surface area contributed by atoms with E-state index in [-0.39, 0.29) is 23.3 Å². The van der Waals surface area contributed by atoms with Crippen molar-refractivity contribution in [1.29, 1.82) is 0 Å². The molecule has 1 aliphatic rings. The molecule has 39 heavy (non-hydrogen) atoms. The lowest BCUT2D eigenvalue weighted by Gasteiger charge is -2.40. The number of benzene rings is 3. The molecule has 3 aromatic carbocycles. The van der Waals surface area contributed by atoms with Gasteiger partial charge in [-0.3, -0.25) is 9.69 Å². The molecule has 3 aromatic rings. The minimum Gasteiger partial charge on any atom is -0.462 e. The molecule has 0 spiro atoms. The molecule has 5 nitrogen and oxygen atoms in total. The zero-order chi connectivity index (χ0) is 27.9. The maximum Gasteiger partial charge on any atom is 0.232 e. The van der Waals surface area contributed by atoms with Crippen LogP contribution in [0.15, 0.2) is 91.2 Å². The number of amides is 1. The highest BCUT2D eigenvalue weighted by atomic mass is 19.1. The Balaban J connectivity index is 1.43. The second kappa shape index (κ2) is 12.6. The molecule has 2 N–H and O–H groups in total. The van der Waals surface area contributed by atoms with Gasteiger partial charge >= 0.3 is 0 Å². The highest BCUT2D eigenvalue weighted by Gasteiger charge is 2.43. The van der Waals surface area contributed by atoms with Crippen LogP contribution in [0.1, 0.15) is 56.7 Å². The lowest BCUT2D eigenvalue weighted by molar-refractivity contribution is -0.122. The van der Waals surface area contributed by atoms with Crippen molar-refractivity contribution >= 4 is 5.91 Å². The van der Waals surface area contributed by atoms with E-state index in [1.807, 2.05) is 67.6 Å². The Morgan fingerprint density at radius 3 is 2.26 bits per heavy atom. The summed E-state index contributed by atoms with van der Waals surface area (Å²) in [4.78, 5) is 15.6. The lowest BCUT2D eigenvalue weighted by atomic mass is 9.69. The molecule has 0 saturated carbocycles. The SMILES string of the molecule is C/C=C\Oc1cc(CO[C@@H]2CCN(C(C)(C)CCC(C(N)=O)(c3ccccc3)c3ccccc3)C2)ccc1F. The lowest BCUT2D eigenvalue weighted by Crippen LogP contribution is -2.47.